The average Bonchev–Trinajstić information content (AvgIpc) is 3.56. The highest BCUT2D eigenvalue weighted by Gasteiger charge is 2.38. The molecule has 3 amide bonds. The molecule has 0 aromatic heterocycles. The van der Waals surface area contributed by atoms with Crippen LogP contribution in [0.1, 0.15) is 50.5 Å². The van der Waals surface area contributed by atoms with Gasteiger partial charge in [-0.25, -0.2) is 0 Å². The van der Waals surface area contributed by atoms with Crippen LogP contribution in [-0.4, -0.2) is 54.3 Å². The summed E-state index contributed by atoms with van der Waals surface area (Å²) in [4.78, 5) is 41.1. The maximum absolute atomic E-state index is 13.3. The van der Waals surface area contributed by atoms with Gasteiger partial charge < -0.3 is 21.3 Å². The summed E-state index contributed by atoms with van der Waals surface area (Å²) in [6.45, 7) is 1.57. The second-order valence-corrected chi connectivity index (χ2v) is 9.55. The Hall–Kier alpha value is -2.93. The fraction of sp³-hybridized carbons (Fsp3) is 0.519. The molecule has 1 saturated carbocycles. The normalized spacial score (nSPS) is 19.3. The summed E-state index contributed by atoms with van der Waals surface area (Å²) in [5.41, 5.74) is 6.54. The molecule has 1 saturated heterocycles. The Morgan fingerprint density at radius 1 is 1.00 bits per heavy atom. The molecule has 1 aliphatic carbocycles. The van der Waals surface area contributed by atoms with E-state index < -0.39 is 12.1 Å². The predicted molar refractivity (Wildman–Crippen MR) is 133 cm³/mol. The Labute approximate surface area is 201 Å². The molecule has 182 valence electrons. The number of amides is 3. The Morgan fingerprint density at radius 2 is 1.76 bits per heavy atom. The number of hydrogen-bond acceptors (Lipinski definition) is 4. The van der Waals surface area contributed by atoms with Crippen LogP contribution in [0.25, 0.3) is 10.8 Å². The molecule has 0 bridgehead atoms. The van der Waals surface area contributed by atoms with Crippen LogP contribution in [0.15, 0.2) is 42.5 Å². The van der Waals surface area contributed by atoms with E-state index in [1.165, 1.54) is 0 Å². The number of nitrogens with zero attached hydrogens (tertiary/aromatic N) is 1. The number of carbonyl (C=O) groups is 3. The highest BCUT2D eigenvalue weighted by Crippen LogP contribution is 2.30. The van der Waals surface area contributed by atoms with Crippen LogP contribution >= 0.6 is 0 Å². The number of fused-ring (bicyclic) bond motifs is 1. The lowest BCUT2D eigenvalue weighted by Crippen LogP contribution is -2.54. The van der Waals surface area contributed by atoms with E-state index in [9.17, 15) is 14.4 Å². The van der Waals surface area contributed by atoms with Crippen LogP contribution in [0, 0.1) is 5.92 Å². The highest BCUT2D eigenvalue weighted by molar-refractivity contribution is 5.93. The second kappa shape index (κ2) is 11.5. The SMILES string of the molecule is NCCCNC(=O)[C@@H](Cc1ccc2ccccc2c1)NC(=O)C1CCCN1C(=O)C1CCCC1. The highest BCUT2D eigenvalue weighted by atomic mass is 16.2. The molecule has 4 N–H and O–H groups in total. The van der Waals surface area contributed by atoms with Gasteiger partial charge in [0.15, 0.2) is 0 Å². The molecule has 2 aromatic rings. The number of hydrogen-bond donors (Lipinski definition) is 3. The number of likely N-dealkylation sites (tertiary alicyclic amines) is 1. The van der Waals surface area contributed by atoms with Gasteiger partial charge in [-0.2, -0.15) is 0 Å². The van der Waals surface area contributed by atoms with Gasteiger partial charge in [-0.3, -0.25) is 14.4 Å². The lowest BCUT2D eigenvalue weighted by Gasteiger charge is -2.28. The summed E-state index contributed by atoms with van der Waals surface area (Å²) in [5, 5.41) is 8.11. The number of nitrogens with one attached hydrogen (secondary N) is 2. The van der Waals surface area contributed by atoms with Crippen LogP contribution in [0.5, 0.6) is 0 Å². The van der Waals surface area contributed by atoms with E-state index in [4.69, 9.17) is 5.73 Å². The van der Waals surface area contributed by atoms with Crippen molar-refractivity contribution in [3.05, 3.63) is 48.0 Å². The van der Waals surface area contributed by atoms with Gasteiger partial charge in [-0.15, -0.1) is 0 Å². The lowest BCUT2D eigenvalue weighted by molar-refractivity contribution is -0.142. The average molecular weight is 465 g/mol. The molecule has 7 heteroatoms. The molecule has 0 radical (unpaired) electrons. The smallest absolute Gasteiger partial charge is 0.243 e. The van der Waals surface area contributed by atoms with E-state index in [0.717, 1.165) is 48.4 Å². The molecular formula is C27H36N4O3. The van der Waals surface area contributed by atoms with E-state index >= 15 is 0 Å². The third kappa shape index (κ3) is 5.76. The molecule has 34 heavy (non-hydrogen) atoms. The van der Waals surface area contributed by atoms with Crippen LogP contribution in [0.4, 0.5) is 0 Å². The largest absolute Gasteiger partial charge is 0.354 e. The number of carbonyl (C=O) groups excluding carboxylic acids is 3. The summed E-state index contributed by atoms with van der Waals surface area (Å²) in [7, 11) is 0. The first-order valence-electron chi connectivity index (χ1n) is 12.6. The van der Waals surface area contributed by atoms with Gasteiger partial charge in [0.05, 0.1) is 0 Å². The summed E-state index contributed by atoms with van der Waals surface area (Å²) < 4.78 is 0. The number of nitrogens with two attached hydrogens (primary N) is 1. The molecule has 1 unspecified atom stereocenters. The van der Waals surface area contributed by atoms with Gasteiger partial charge in [0, 0.05) is 25.4 Å². The zero-order chi connectivity index (χ0) is 23.9. The van der Waals surface area contributed by atoms with Gasteiger partial charge in [-0.1, -0.05) is 55.3 Å². The van der Waals surface area contributed by atoms with Crippen molar-refractivity contribution in [2.45, 2.75) is 63.5 Å². The van der Waals surface area contributed by atoms with Crippen molar-refractivity contribution in [2.24, 2.45) is 11.7 Å². The zero-order valence-electron chi connectivity index (χ0n) is 19.8. The molecule has 2 fully saturated rings. The van der Waals surface area contributed by atoms with Gasteiger partial charge in [0.2, 0.25) is 17.7 Å². The van der Waals surface area contributed by atoms with Crippen molar-refractivity contribution in [2.75, 3.05) is 19.6 Å². The molecule has 7 nitrogen and oxygen atoms in total. The van der Waals surface area contributed by atoms with Crippen molar-refractivity contribution in [1.29, 1.82) is 0 Å². The summed E-state index contributed by atoms with van der Waals surface area (Å²) >= 11 is 0. The number of rotatable bonds is 9. The quantitative estimate of drug-likeness (QED) is 0.496. The summed E-state index contributed by atoms with van der Waals surface area (Å²) in [6, 6.07) is 13.0. The van der Waals surface area contributed by atoms with Crippen molar-refractivity contribution in [1.82, 2.24) is 15.5 Å². The maximum Gasteiger partial charge on any atom is 0.243 e. The number of benzene rings is 2. The predicted octanol–water partition coefficient (Wildman–Crippen LogP) is 2.51. The van der Waals surface area contributed by atoms with Crippen molar-refractivity contribution in [3.8, 4) is 0 Å². The lowest BCUT2D eigenvalue weighted by atomic mass is 10.0. The molecule has 0 spiro atoms. The topological polar surface area (TPSA) is 105 Å². The summed E-state index contributed by atoms with van der Waals surface area (Å²) in [6.07, 6.45) is 6.50. The van der Waals surface area contributed by atoms with Gasteiger partial charge in [0.1, 0.15) is 12.1 Å². The molecule has 1 heterocycles. The van der Waals surface area contributed by atoms with Crippen molar-refractivity contribution in [3.63, 3.8) is 0 Å². The van der Waals surface area contributed by atoms with E-state index in [-0.39, 0.29) is 23.6 Å². The molecule has 2 aromatic carbocycles. The van der Waals surface area contributed by atoms with E-state index in [0.29, 0.717) is 38.9 Å². The van der Waals surface area contributed by atoms with E-state index in [1.807, 2.05) is 36.4 Å². The fourth-order valence-electron chi connectivity index (χ4n) is 5.23. The first-order valence-corrected chi connectivity index (χ1v) is 12.6. The fourth-order valence-corrected chi connectivity index (χ4v) is 5.23. The van der Waals surface area contributed by atoms with Crippen molar-refractivity contribution >= 4 is 28.5 Å². The van der Waals surface area contributed by atoms with Crippen LogP contribution < -0.4 is 16.4 Å². The minimum absolute atomic E-state index is 0.0429. The monoisotopic (exact) mass is 464 g/mol. The molecule has 1 aliphatic heterocycles. The molecule has 2 aliphatic rings. The zero-order valence-corrected chi connectivity index (χ0v) is 19.8. The standard InChI is InChI=1S/C27H36N4O3/c28-14-6-15-29-25(32)23(18-19-12-13-20-7-1-4-10-22(20)17-19)30-26(33)24-11-5-16-31(24)27(34)21-8-2-3-9-21/h1,4,7,10,12-13,17,21,23-24H,2-3,5-6,8-9,11,14-16,18,28H2,(H,29,32)(H,30,33)/t23-,24?/m1/s1. The Balaban J connectivity index is 1.47. The molecule has 4 rings (SSSR count). The first-order chi connectivity index (χ1) is 16.6. The minimum atomic E-state index is -0.713. The Morgan fingerprint density at radius 3 is 2.53 bits per heavy atom. The first kappa shape index (κ1) is 24.2. The summed E-state index contributed by atoms with van der Waals surface area (Å²) in [5.74, 6) is -0.305. The van der Waals surface area contributed by atoms with Crippen LogP contribution in [0.3, 0.4) is 0 Å². The third-order valence-electron chi connectivity index (χ3n) is 7.11. The Bertz CT molecular complexity index is 1020. The molecular weight excluding hydrogens is 428 g/mol. The Kier molecular flexibility index (Phi) is 8.16. The maximum atomic E-state index is 13.3. The van der Waals surface area contributed by atoms with Gasteiger partial charge >= 0.3 is 0 Å². The van der Waals surface area contributed by atoms with Crippen LogP contribution in [0.2, 0.25) is 0 Å². The molecule has 2 atom stereocenters. The van der Waals surface area contributed by atoms with Gasteiger partial charge in [0.25, 0.3) is 0 Å². The van der Waals surface area contributed by atoms with Crippen LogP contribution in [-0.2, 0) is 20.8 Å². The van der Waals surface area contributed by atoms with E-state index in [2.05, 4.69) is 16.7 Å². The van der Waals surface area contributed by atoms with Crippen molar-refractivity contribution < 1.29 is 14.4 Å². The third-order valence-corrected chi connectivity index (χ3v) is 7.11. The second-order valence-electron chi connectivity index (χ2n) is 9.55. The van der Waals surface area contributed by atoms with Gasteiger partial charge in [-0.05, 0) is 55.0 Å². The van der Waals surface area contributed by atoms with E-state index in [1.54, 1.807) is 4.90 Å². The minimum Gasteiger partial charge on any atom is -0.354 e.